The van der Waals surface area contributed by atoms with Gasteiger partial charge in [-0.3, -0.25) is 0 Å². The average molecular weight is 313 g/mol. The third-order valence-electron chi connectivity index (χ3n) is 4.99. The van der Waals surface area contributed by atoms with Gasteiger partial charge in [-0.15, -0.1) is 0 Å². The van der Waals surface area contributed by atoms with E-state index in [1.54, 1.807) is 0 Å². The van der Waals surface area contributed by atoms with Crippen LogP contribution in [0.3, 0.4) is 0 Å². The summed E-state index contributed by atoms with van der Waals surface area (Å²) < 4.78 is 36.1. The molecule has 0 aromatic carbocycles. The summed E-state index contributed by atoms with van der Waals surface area (Å²) in [5.41, 5.74) is 0. The number of hydrogen-bond donors (Lipinski definition) is 0. The zero-order valence-electron chi connectivity index (χ0n) is 11.8. The van der Waals surface area contributed by atoms with E-state index in [9.17, 15) is 8.42 Å². The van der Waals surface area contributed by atoms with Crippen molar-refractivity contribution in [1.29, 1.82) is 0 Å². The van der Waals surface area contributed by atoms with Crippen LogP contribution < -0.4 is 4.90 Å². The lowest BCUT2D eigenvalue weighted by Crippen LogP contribution is -2.36. The molecule has 0 amide bonds. The molecular weight excluding hydrogens is 294 g/mol. The smallest absolute Gasteiger partial charge is 0.337 e. The topological polar surface area (TPSA) is 85.5 Å². The molecule has 1 aliphatic heterocycles. The second-order valence-electron chi connectivity index (χ2n) is 6.21. The summed E-state index contributed by atoms with van der Waals surface area (Å²) in [6.07, 6.45) is 3.97. The highest BCUT2D eigenvalue weighted by Gasteiger charge is 2.48. The number of anilines is 1. The third-order valence-corrected chi connectivity index (χ3v) is 7.02. The Morgan fingerprint density at radius 3 is 2.57 bits per heavy atom. The molecule has 0 N–H and O–H groups in total. The summed E-state index contributed by atoms with van der Waals surface area (Å²) in [5, 5.41) is 7.19. The summed E-state index contributed by atoms with van der Waals surface area (Å²) in [5.74, 6) is 0.843. The van der Waals surface area contributed by atoms with Crippen LogP contribution in [0.25, 0.3) is 0 Å². The molecule has 2 saturated carbocycles. The van der Waals surface area contributed by atoms with Crippen molar-refractivity contribution in [3.8, 4) is 0 Å². The summed E-state index contributed by atoms with van der Waals surface area (Å²) in [6.45, 7) is 2.49. The zero-order valence-corrected chi connectivity index (χ0v) is 12.6. The van der Waals surface area contributed by atoms with E-state index in [4.69, 9.17) is 9.15 Å². The van der Waals surface area contributed by atoms with Crippen molar-refractivity contribution in [3.05, 3.63) is 0 Å². The third kappa shape index (κ3) is 2.24. The second kappa shape index (κ2) is 4.95. The molecule has 8 heteroatoms. The van der Waals surface area contributed by atoms with E-state index in [0.717, 1.165) is 19.3 Å². The molecule has 0 radical (unpaired) electrons. The van der Waals surface area contributed by atoms with Crippen LogP contribution in [0.4, 0.5) is 6.01 Å². The van der Waals surface area contributed by atoms with Gasteiger partial charge in [0, 0.05) is 13.1 Å². The lowest BCUT2D eigenvalue weighted by Gasteiger charge is -2.24. The second-order valence-corrected chi connectivity index (χ2v) is 8.25. The van der Waals surface area contributed by atoms with Gasteiger partial charge in [0.2, 0.25) is 9.84 Å². The first-order chi connectivity index (χ1) is 10.1. The molecule has 116 valence electrons. The molecular formula is C13H19N3O4S. The summed E-state index contributed by atoms with van der Waals surface area (Å²) >= 11 is 0. The fourth-order valence-corrected chi connectivity index (χ4v) is 5.78. The maximum Gasteiger partial charge on any atom is 0.337 e. The van der Waals surface area contributed by atoms with Gasteiger partial charge in [0.15, 0.2) is 0 Å². The van der Waals surface area contributed by atoms with E-state index in [1.165, 1.54) is 6.42 Å². The van der Waals surface area contributed by atoms with Crippen LogP contribution in [0.15, 0.2) is 9.64 Å². The highest BCUT2D eigenvalue weighted by atomic mass is 32.2. The van der Waals surface area contributed by atoms with E-state index >= 15 is 0 Å². The highest BCUT2D eigenvalue weighted by molar-refractivity contribution is 7.91. The molecule has 2 aliphatic carbocycles. The van der Waals surface area contributed by atoms with Crippen LogP contribution in [0.1, 0.15) is 25.7 Å². The van der Waals surface area contributed by atoms with Gasteiger partial charge < -0.3 is 14.1 Å². The van der Waals surface area contributed by atoms with Crippen molar-refractivity contribution in [2.45, 2.75) is 36.2 Å². The Bertz CT molecular complexity index is 623. The Labute approximate surface area is 123 Å². The zero-order chi connectivity index (χ0) is 14.4. The van der Waals surface area contributed by atoms with Crippen molar-refractivity contribution in [2.75, 3.05) is 31.2 Å². The van der Waals surface area contributed by atoms with E-state index in [1.807, 2.05) is 4.90 Å². The first-order valence-electron chi connectivity index (χ1n) is 7.54. The Kier molecular flexibility index (Phi) is 3.18. The lowest BCUT2D eigenvalue weighted by atomic mass is 10.0. The minimum Gasteiger partial charge on any atom is -0.394 e. The molecule has 0 spiro atoms. The molecule has 21 heavy (non-hydrogen) atoms. The molecule has 3 atom stereocenters. The molecule has 1 aromatic rings. The van der Waals surface area contributed by atoms with Gasteiger partial charge in [0.25, 0.3) is 0 Å². The first kappa shape index (κ1) is 13.5. The van der Waals surface area contributed by atoms with Crippen molar-refractivity contribution in [1.82, 2.24) is 10.2 Å². The van der Waals surface area contributed by atoms with Gasteiger partial charge in [0.1, 0.15) is 0 Å². The standard InChI is InChI=1S/C13H19N3O4S/c17-21(18,11-8-9-1-2-10(11)7-9)13-15-14-12(20-13)16-3-5-19-6-4-16/h9-11H,1-8H2. The van der Waals surface area contributed by atoms with Gasteiger partial charge in [-0.1, -0.05) is 16.6 Å². The van der Waals surface area contributed by atoms with Crippen molar-refractivity contribution in [2.24, 2.45) is 11.8 Å². The summed E-state index contributed by atoms with van der Waals surface area (Å²) in [4.78, 5) is 1.87. The number of hydrogen-bond acceptors (Lipinski definition) is 7. The molecule has 1 saturated heterocycles. The predicted octanol–water partition coefficient (Wildman–Crippen LogP) is 0.868. The molecule has 4 rings (SSSR count). The van der Waals surface area contributed by atoms with E-state index in [-0.39, 0.29) is 16.4 Å². The average Bonchev–Trinajstić information content (AvgIpc) is 3.24. The van der Waals surface area contributed by atoms with Crippen LogP contribution in [-0.2, 0) is 14.6 Å². The number of sulfone groups is 1. The van der Waals surface area contributed by atoms with Gasteiger partial charge in [0.05, 0.1) is 18.5 Å². The molecule has 1 aromatic heterocycles. The van der Waals surface area contributed by atoms with Gasteiger partial charge in [-0.25, -0.2) is 8.42 Å². The van der Waals surface area contributed by atoms with E-state index in [2.05, 4.69) is 10.2 Å². The molecule has 2 bridgehead atoms. The maximum absolute atomic E-state index is 12.7. The SMILES string of the molecule is O=S(=O)(c1nnc(N2CCOCC2)o1)C1CC2CCC1C2. The molecule has 3 aliphatic rings. The van der Waals surface area contributed by atoms with E-state index in [0.29, 0.717) is 38.2 Å². The number of rotatable bonds is 3. The Morgan fingerprint density at radius 1 is 1.10 bits per heavy atom. The van der Waals surface area contributed by atoms with Crippen LogP contribution in [0.2, 0.25) is 0 Å². The van der Waals surface area contributed by atoms with Gasteiger partial charge in [-0.05, 0) is 31.1 Å². The van der Waals surface area contributed by atoms with Crippen LogP contribution in [-0.4, -0.2) is 50.2 Å². The number of fused-ring (bicyclic) bond motifs is 2. The fourth-order valence-electron chi connectivity index (χ4n) is 3.90. The minimum absolute atomic E-state index is 0.207. The van der Waals surface area contributed by atoms with Crippen LogP contribution in [0.5, 0.6) is 0 Å². The minimum atomic E-state index is -3.49. The Hall–Kier alpha value is -1.15. The summed E-state index contributed by atoms with van der Waals surface area (Å²) in [7, 11) is -3.49. The molecule has 3 fully saturated rings. The summed E-state index contributed by atoms with van der Waals surface area (Å²) in [6, 6.07) is 0.292. The molecule has 7 nitrogen and oxygen atoms in total. The Morgan fingerprint density at radius 2 is 1.90 bits per heavy atom. The molecule has 3 unspecified atom stereocenters. The Balaban J connectivity index is 1.57. The monoisotopic (exact) mass is 313 g/mol. The lowest BCUT2D eigenvalue weighted by molar-refractivity contribution is 0.120. The predicted molar refractivity (Wildman–Crippen MR) is 73.8 cm³/mol. The van der Waals surface area contributed by atoms with Gasteiger partial charge >= 0.3 is 11.2 Å². The van der Waals surface area contributed by atoms with E-state index < -0.39 is 9.84 Å². The number of aromatic nitrogens is 2. The van der Waals surface area contributed by atoms with Crippen molar-refractivity contribution < 1.29 is 17.6 Å². The molecule has 2 heterocycles. The normalized spacial score (nSPS) is 32.8. The first-order valence-corrected chi connectivity index (χ1v) is 9.09. The quantitative estimate of drug-likeness (QED) is 0.818. The highest BCUT2D eigenvalue weighted by Crippen LogP contribution is 2.48. The van der Waals surface area contributed by atoms with Crippen LogP contribution in [0, 0.1) is 11.8 Å². The largest absolute Gasteiger partial charge is 0.394 e. The number of nitrogens with zero attached hydrogens (tertiary/aromatic N) is 3. The maximum atomic E-state index is 12.7. The van der Waals surface area contributed by atoms with Crippen LogP contribution >= 0.6 is 0 Å². The van der Waals surface area contributed by atoms with Crippen molar-refractivity contribution >= 4 is 15.9 Å². The fraction of sp³-hybridized carbons (Fsp3) is 0.846. The number of ether oxygens (including phenoxy) is 1. The number of morpholine rings is 1. The van der Waals surface area contributed by atoms with Gasteiger partial charge in [-0.2, -0.15) is 0 Å². The van der Waals surface area contributed by atoms with Crippen molar-refractivity contribution in [3.63, 3.8) is 0 Å².